The molecule has 0 atom stereocenters. The molecule has 1 aromatic heterocycles. The molecule has 1 N–H and O–H groups in total. The fourth-order valence-corrected chi connectivity index (χ4v) is 4.89. The van der Waals surface area contributed by atoms with E-state index in [1.165, 1.54) is 11.1 Å². The third kappa shape index (κ3) is 5.94. The molecule has 0 aliphatic carbocycles. The lowest BCUT2D eigenvalue weighted by Crippen LogP contribution is -2.39. The molecule has 34 heavy (non-hydrogen) atoms. The molecule has 8 heteroatoms. The van der Waals surface area contributed by atoms with Crippen molar-refractivity contribution in [3.05, 3.63) is 82.2 Å². The fourth-order valence-electron chi connectivity index (χ4n) is 4.03. The molecule has 1 amide bonds. The van der Waals surface area contributed by atoms with Crippen LogP contribution >= 0.6 is 0 Å². The number of benzene rings is 2. The number of carbonyl (C=O) groups is 1. The first-order valence-electron chi connectivity index (χ1n) is 11.2. The normalized spacial score (nSPS) is 11.7. The summed E-state index contributed by atoms with van der Waals surface area (Å²) in [5, 5.41) is 4.08. The van der Waals surface area contributed by atoms with Crippen molar-refractivity contribution in [2.75, 3.05) is 17.1 Å². The Balaban J connectivity index is 1.75. The Labute approximate surface area is 202 Å². The van der Waals surface area contributed by atoms with Gasteiger partial charge in [-0.3, -0.25) is 9.10 Å². The van der Waals surface area contributed by atoms with Crippen LogP contribution in [0.15, 0.2) is 53.6 Å². The lowest BCUT2D eigenvalue weighted by Gasteiger charge is -2.21. The van der Waals surface area contributed by atoms with Crippen LogP contribution in [0.1, 0.15) is 40.6 Å². The fraction of sp³-hybridized carbons (Fsp3) is 0.308. The Bertz CT molecular complexity index is 1300. The van der Waals surface area contributed by atoms with E-state index in [1.54, 1.807) is 18.3 Å². The minimum Gasteiger partial charge on any atom is -0.318 e. The summed E-state index contributed by atoms with van der Waals surface area (Å²) < 4.78 is 27.8. The number of aromatic nitrogens is 1. The van der Waals surface area contributed by atoms with Crippen molar-refractivity contribution in [1.29, 1.82) is 0 Å². The molecular formula is C26H32N4O3S. The maximum Gasteiger partial charge on any atom is 0.260 e. The van der Waals surface area contributed by atoms with Crippen molar-refractivity contribution in [2.24, 2.45) is 5.10 Å². The van der Waals surface area contributed by atoms with Crippen LogP contribution in [0.3, 0.4) is 0 Å². The molecule has 1 heterocycles. The topological polar surface area (TPSA) is 83.8 Å². The number of hydrazone groups is 1. The van der Waals surface area contributed by atoms with Gasteiger partial charge in [-0.25, -0.2) is 13.8 Å². The van der Waals surface area contributed by atoms with Gasteiger partial charge in [0.2, 0.25) is 10.0 Å². The molecule has 0 radical (unpaired) electrons. The Morgan fingerprint density at radius 3 is 2.21 bits per heavy atom. The molecule has 0 unspecified atom stereocenters. The second-order valence-electron chi connectivity index (χ2n) is 8.59. The first-order valence-corrected chi connectivity index (χ1v) is 13.0. The summed E-state index contributed by atoms with van der Waals surface area (Å²) in [4.78, 5) is 12.5. The average molecular weight is 481 g/mol. The van der Waals surface area contributed by atoms with Gasteiger partial charge in [0.15, 0.2) is 0 Å². The third-order valence-corrected chi connectivity index (χ3v) is 6.79. The van der Waals surface area contributed by atoms with Crippen molar-refractivity contribution in [2.45, 2.75) is 41.0 Å². The second kappa shape index (κ2) is 10.3. The summed E-state index contributed by atoms with van der Waals surface area (Å²) in [6.45, 7) is 9.83. The zero-order valence-corrected chi connectivity index (χ0v) is 21.4. The summed E-state index contributed by atoms with van der Waals surface area (Å²) in [6.07, 6.45) is 3.51. The standard InChI is InChI=1S/C26H32N4O3S/c1-7-22-8-10-24(11-9-22)29(34(6,32)33)17-26(31)28-27-16-23-15-20(4)30(21(23)5)25-13-18(2)12-19(3)14-25/h8-16H,7,17H2,1-6H3,(H,28,31)/b27-16-. The number of rotatable bonds is 8. The number of hydrogen-bond acceptors (Lipinski definition) is 4. The SMILES string of the molecule is CCc1ccc(N(CC(=O)N/N=C\c2cc(C)n(-c3cc(C)cc(C)c3)c2C)S(C)(=O)=O)cc1. The second-order valence-corrected chi connectivity index (χ2v) is 10.5. The van der Waals surface area contributed by atoms with Crippen LogP contribution in [-0.4, -0.2) is 37.9 Å². The molecule has 3 rings (SSSR count). The zero-order chi connectivity index (χ0) is 25.0. The van der Waals surface area contributed by atoms with E-state index < -0.39 is 15.9 Å². The van der Waals surface area contributed by atoms with Crippen LogP contribution in [0, 0.1) is 27.7 Å². The van der Waals surface area contributed by atoms with E-state index in [9.17, 15) is 13.2 Å². The number of aryl methyl sites for hydroxylation is 4. The number of carbonyl (C=O) groups excluding carboxylic acids is 1. The predicted octanol–water partition coefficient (Wildman–Crippen LogP) is 4.19. The van der Waals surface area contributed by atoms with E-state index in [0.29, 0.717) is 5.69 Å². The van der Waals surface area contributed by atoms with Crippen LogP contribution in [0.2, 0.25) is 0 Å². The number of nitrogens with zero attached hydrogens (tertiary/aromatic N) is 3. The van der Waals surface area contributed by atoms with Gasteiger partial charge in [0.1, 0.15) is 6.54 Å². The van der Waals surface area contributed by atoms with Gasteiger partial charge < -0.3 is 4.57 Å². The van der Waals surface area contributed by atoms with Gasteiger partial charge in [-0.1, -0.05) is 25.1 Å². The third-order valence-electron chi connectivity index (χ3n) is 5.65. The van der Waals surface area contributed by atoms with Crippen molar-refractivity contribution < 1.29 is 13.2 Å². The lowest BCUT2D eigenvalue weighted by atomic mass is 10.1. The van der Waals surface area contributed by atoms with Gasteiger partial charge in [0.05, 0.1) is 18.2 Å². The number of amides is 1. The summed E-state index contributed by atoms with van der Waals surface area (Å²) in [7, 11) is -3.64. The highest BCUT2D eigenvalue weighted by molar-refractivity contribution is 7.92. The molecule has 3 aromatic rings. The predicted molar refractivity (Wildman–Crippen MR) is 138 cm³/mol. The lowest BCUT2D eigenvalue weighted by molar-refractivity contribution is -0.119. The zero-order valence-electron chi connectivity index (χ0n) is 20.6. The molecule has 7 nitrogen and oxygen atoms in total. The van der Waals surface area contributed by atoms with E-state index in [0.717, 1.165) is 45.2 Å². The Hall–Kier alpha value is -3.39. The molecule has 0 saturated carbocycles. The van der Waals surface area contributed by atoms with E-state index in [2.05, 4.69) is 47.1 Å². The molecule has 0 fully saturated rings. The quantitative estimate of drug-likeness (QED) is 0.388. The monoisotopic (exact) mass is 480 g/mol. The van der Waals surface area contributed by atoms with E-state index in [-0.39, 0.29) is 6.54 Å². The largest absolute Gasteiger partial charge is 0.318 e. The molecular weight excluding hydrogens is 448 g/mol. The molecule has 0 bridgehead atoms. The smallest absolute Gasteiger partial charge is 0.260 e. The van der Waals surface area contributed by atoms with Crippen LogP contribution in [0.4, 0.5) is 5.69 Å². The molecule has 0 saturated heterocycles. The number of sulfonamides is 1. The van der Waals surface area contributed by atoms with Gasteiger partial charge in [0, 0.05) is 22.6 Å². The maximum absolute atomic E-state index is 12.5. The summed E-state index contributed by atoms with van der Waals surface area (Å²) in [5.41, 5.74) is 10.3. The van der Waals surface area contributed by atoms with Gasteiger partial charge in [0.25, 0.3) is 5.91 Å². The van der Waals surface area contributed by atoms with E-state index >= 15 is 0 Å². The Kier molecular flexibility index (Phi) is 7.61. The van der Waals surface area contributed by atoms with Crippen LogP contribution in [0.5, 0.6) is 0 Å². The van der Waals surface area contributed by atoms with E-state index in [4.69, 9.17) is 0 Å². The number of hydrogen-bond donors (Lipinski definition) is 1. The first kappa shape index (κ1) is 25.2. The summed E-state index contributed by atoms with van der Waals surface area (Å²) in [5.74, 6) is -0.524. The highest BCUT2D eigenvalue weighted by Gasteiger charge is 2.20. The van der Waals surface area contributed by atoms with E-state index in [1.807, 2.05) is 39.0 Å². The van der Waals surface area contributed by atoms with Crippen LogP contribution in [0.25, 0.3) is 5.69 Å². The molecule has 0 aliphatic heterocycles. The molecule has 0 spiro atoms. The van der Waals surface area contributed by atoms with Crippen LogP contribution < -0.4 is 9.73 Å². The highest BCUT2D eigenvalue weighted by atomic mass is 32.2. The number of nitrogens with one attached hydrogen (secondary N) is 1. The van der Waals surface area contributed by atoms with Gasteiger partial charge in [-0.15, -0.1) is 0 Å². The van der Waals surface area contributed by atoms with Gasteiger partial charge in [-0.05, 0) is 81.1 Å². The highest BCUT2D eigenvalue weighted by Crippen LogP contribution is 2.22. The minimum absolute atomic E-state index is 0.358. The molecule has 2 aromatic carbocycles. The van der Waals surface area contributed by atoms with Crippen molar-refractivity contribution in [3.63, 3.8) is 0 Å². The van der Waals surface area contributed by atoms with Gasteiger partial charge >= 0.3 is 0 Å². The Morgan fingerprint density at radius 2 is 1.65 bits per heavy atom. The van der Waals surface area contributed by atoms with Crippen molar-refractivity contribution >= 4 is 27.8 Å². The molecule has 0 aliphatic rings. The average Bonchev–Trinajstić information content (AvgIpc) is 3.03. The van der Waals surface area contributed by atoms with Crippen molar-refractivity contribution in [3.8, 4) is 5.69 Å². The number of anilines is 1. The Morgan fingerprint density at radius 1 is 1.03 bits per heavy atom. The van der Waals surface area contributed by atoms with Gasteiger partial charge in [-0.2, -0.15) is 5.10 Å². The van der Waals surface area contributed by atoms with Crippen molar-refractivity contribution in [1.82, 2.24) is 9.99 Å². The molecule has 180 valence electrons. The van der Waals surface area contributed by atoms with Crippen LogP contribution in [-0.2, 0) is 21.2 Å². The summed E-state index contributed by atoms with van der Waals surface area (Å²) >= 11 is 0. The first-order chi connectivity index (χ1) is 16.0. The minimum atomic E-state index is -3.64. The maximum atomic E-state index is 12.5. The summed E-state index contributed by atoms with van der Waals surface area (Å²) in [6, 6.07) is 15.5.